The maximum absolute atomic E-state index is 12.7. The van der Waals surface area contributed by atoms with Crippen molar-refractivity contribution in [2.75, 3.05) is 6.61 Å². The number of fused-ring (bicyclic) bond motifs is 1. The number of aliphatic hydroxyl groups is 1. The Morgan fingerprint density at radius 3 is 2.17 bits per heavy atom. The maximum atomic E-state index is 12.7. The number of rotatable bonds is 5. The number of nitrogens with zero attached hydrogens (tertiary/aromatic N) is 1. The lowest BCUT2D eigenvalue weighted by Gasteiger charge is -2.09. The van der Waals surface area contributed by atoms with Gasteiger partial charge in [-0.15, -0.1) is 0 Å². The van der Waals surface area contributed by atoms with Gasteiger partial charge in [-0.3, -0.25) is 9.59 Å². The summed E-state index contributed by atoms with van der Waals surface area (Å²) in [4.78, 5) is 48.3. The van der Waals surface area contributed by atoms with Crippen LogP contribution in [0.15, 0.2) is 48.0 Å². The third-order valence-corrected chi connectivity index (χ3v) is 4.67. The lowest BCUT2D eigenvalue weighted by atomic mass is 9.93. The molecule has 0 heterocycles. The van der Waals surface area contributed by atoms with Crippen LogP contribution in [0, 0.1) is 11.3 Å². The molecule has 3 rings (SSSR count). The number of nitriles is 1. The van der Waals surface area contributed by atoms with E-state index in [9.17, 15) is 24.3 Å². The van der Waals surface area contributed by atoms with Crippen molar-refractivity contribution in [2.45, 2.75) is 12.8 Å². The van der Waals surface area contributed by atoms with Crippen LogP contribution in [0.1, 0.15) is 55.0 Å². The van der Waals surface area contributed by atoms with Crippen molar-refractivity contribution in [1.29, 1.82) is 5.26 Å². The Morgan fingerprint density at radius 1 is 1.00 bits per heavy atom. The fraction of sp³-hybridized carbons (Fsp3) is 0.136. The average Bonchev–Trinajstić information content (AvgIpc) is 2.98. The molecule has 0 amide bonds. The number of aromatic carboxylic acids is 1. The lowest BCUT2D eigenvalue weighted by Crippen LogP contribution is -2.13. The number of benzene rings is 2. The minimum absolute atomic E-state index is 0.0340. The zero-order chi connectivity index (χ0) is 22.0. The minimum Gasteiger partial charge on any atom is -0.506 e. The van der Waals surface area contributed by atoms with Gasteiger partial charge < -0.3 is 14.9 Å². The van der Waals surface area contributed by atoms with Gasteiger partial charge in [0.2, 0.25) is 0 Å². The third-order valence-electron chi connectivity index (χ3n) is 4.67. The summed E-state index contributed by atoms with van der Waals surface area (Å²) in [5.74, 6) is -4.86. The highest BCUT2D eigenvalue weighted by molar-refractivity contribution is 6.30. The molecule has 8 heteroatoms. The number of hydrogen-bond donors (Lipinski definition) is 2. The molecule has 2 aromatic rings. The topological polar surface area (TPSA) is 142 Å². The highest BCUT2D eigenvalue weighted by Crippen LogP contribution is 2.35. The molecule has 1 atom stereocenters. The van der Waals surface area contributed by atoms with E-state index in [-0.39, 0.29) is 28.9 Å². The van der Waals surface area contributed by atoms with Gasteiger partial charge in [-0.25, -0.2) is 9.59 Å². The van der Waals surface area contributed by atoms with E-state index in [1.807, 2.05) is 0 Å². The van der Waals surface area contributed by atoms with Crippen molar-refractivity contribution in [1.82, 2.24) is 0 Å². The Hall–Kier alpha value is -4.25. The van der Waals surface area contributed by atoms with Crippen LogP contribution in [0.4, 0.5) is 0 Å². The Kier molecular flexibility index (Phi) is 5.47. The highest BCUT2D eigenvalue weighted by atomic mass is 16.5. The number of carboxylic acids is 1. The summed E-state index contributed by atoms with van der Waals surface area (Å²) >= 11 is 0. The summed E-state index contributed by atoms with van der Waals surface area (Å²) < 4.78 is 4.72. The SMILES string of the molecule is CCOC(=O)/C(C#N)=C(\O)c1ccc([C@@H]2C(=O)c3ccc(C(=O)O)cc3C2=O)cc1. The fourth-order valence-electron chi connectivity index (χ4n) is 3.21. The van der Waals surface area contributed by atoms with Crippen molar-refractivity contribution < 1.29 is 34.1 Å². The number of Topliss-reactive ketones (excluding diaryl/α,β-unsaturated/α-hetero) is 2. The van der Waals surface area contributed by atoms with Crippen LogP contribution in [0.3, 0.4) is 0 Å². The molecule has 8 nitrogen and oxygen atoms in total. The highest BCUT2D eigenvalue weighted by Gasteiger charge is 2.40. The van der Waals surface area contributed by atoms with Crippen molar-refractivity contribution >= 4 is 29.3 Å². The summed E-state index contributed by atoms with van der Waals surface area (Å²) in [7, 11) is 0. The average molecular weight is 405 g/mol. The Bertz CT molecular complexity index is 1150. The molecule has 30 heavy (non-hydrogen) atoms. The summed E-state index contributed by atoms with van der Waals surface area (Å²) in [6, 6.07) is 10.9. The number of carboxylic acid groups (broad SMARTS) is 1. The number of hydrogen-bond acceptors (Lipinski definition) is 7. The van der Waals surface area contributed by atoms with E-state index in [1.165, 1.54) is 42.5 Å². The summed E-state index contributed by atoms with van der Waals surface area (Å²) in [5, 5.41) is 28.4. The molecular weight excluding hydrogens is 390 g/mol. The quantitative estimate of drug-likeness (QED) is 0.254. The van der Waals surface area contributed by atoms with Gasteiger partial charge in [-0.2, -0.15) is 5.26 Å². The van der Waals surface area contributed by atoms with Gasteiger partial charge in [0.15, 0.2) is 17.1 Å². The van der Waals surface area contributed by atoms with Crippen molar-refractivity contribution in [3.8, 4) is 6.07 Å². The van der Waals surface area contributed by atoms with E-state index >= 15 is 0 Å². The zero-order valence-electron chi connectivity index (χ0n) is 15.7. The zero-order valence-corrected chi connectivity index (χ0v) is 15.7. The van der Waals surface area contributed by atoms with Crippen LogP contribution < -0.4 is 0 Å². The molecule has 1 aliphatic carbocycles. The molecule has 0 bridgehead atoms. The molecular formula is C22H15NO7. The van der Waals surface area contributed by atoms with Crippen LogP contribution in [0.2, 0.25) is 0 Å². The summed E-state index contributed by atoms with van der Waals surface area (Å²) in [6.07, 6.45) is 0. The van der Waals surface area contributed by atoms with E-state index in [4.69, 9.17) is 15.1 Å². The van der Waals surface area contributed by atoms with Gasteiger partial charge >= 0.3 is 11.9 Å². The van der Waals surface area contributed by atoms with Gasteiger partial charge in [0, 0.05) is 16.7 Å². The van der Waals surface area contributed by atoms with Crippen molar-refractivity contribution in [3.05, 3.63) is 75.9 Å². The van der Waals surface area contributed by atoms with Gasteiger partial charge in [0.1, 0.15) is 17.7 Å². The number of carbonyl (C=O) groups is 4. The van der Waals surface area contributed by atoms with Gasteiger partial charge in [-0.1, -0.05) is 24.3 Å². The molecule has 2 N–H and O–H groups in total. The van der Waals surface area contributed by atoms with E-state index < -0.39 is 40.8 Å². The number of esters is 1. The maximum Gasteiger partial charge on any atom is 0.352 e. The van der Waals surface area contributed by atoms with Gasteiger partial charge in [0.25, 0.3) is 0 Å². The third kappa shape index (κ3) is 3.44. The molecule has 1 aliphatic rings. The molecule has 0 saturated heterocycles. The predicted octanol–water partition coefficient (Wildman–Crippen LogP) is 2.90. The summed E-state index contributed by atoms with van der Waals surface area (Å²) in [5.41, 5.74) is 0.00747. The van der Waals surface area contributed by atoms with Crippen LogP contribution in [0.25, 0.3) is 5.76 Å². The Morgan fingerprint density at radius 2 is 1.60 bits per heavy atom. The van der Waals surface area contributed by atoms with Gasteiger partial charge in [-0.05, 0) is 30.7 Å². The first-order chi connectivity index (χ1) is 14.3. The largest absolute Gasteiger partial charge is 0.506 e. The number of carbonyl (C=O) groups excluding carboxylic acids is 3. The standard InChI is InChI=1S/C22H15NO7/c1-2-30-22(29)16(10-23)18(24)12-5-3-11(4-6-12)17-19(25)14-8-7-13(21(27)28)9-15(14)20(17)26/h3-9,17,24H,2H2,1H3,(H,27,28)/b18-16-/t17-/m1/s1. The molecule has 0 spiro atoms. The van der Waals surface area contributed by atoms with Crippen LogP contribution >= 0.6 is 0 Å². The summed E-state index contributed by atoms with van der Waals surface area (Å²) in [6.45, 7) is 1.60. The smallest absolute Gasteiger partial charge is 0.352 e. The van der Waals surface area contributed by atoms with Gasteiger partial charge in [0.05, 0.1) is 12.2 Å². The molecule has 0 unspecified atom stereocenters. The molecule has 0 radical (unpaired) electrons. The molecule has 2 aromatic carbocycles. The van der Waals surface area contributed by atoms with E-state index in [0.717, 1.165) is 0 Å². The van der Waals surface area contributed by atoms with E-state index in [1.54, 1.807) is 13.0 Å². The first-order valence-corrected chi connectivity index (χ1v) is 8.86. The van der Waals surface area contributed by atoms with Crippen molar-refractivity contribution in [3.63, 3.8) is 0 Å². The monoisotopic (exact) mass is 405 g/mol. The molecule has 0 saturated carbocycles. The van der Waals surface area contributed by atoms with Crippen LogP contribution in [-0.2, 0) is 9.53 Å². The first-order valence-electron chi connectivity index (χ1n) is 8.86. The predicted molar refractivity (Wildman–Crippen MR) is 103 cm³/mol. The van der Waals surface area contributed by atoms with Crippen LogP contribution in [-0.4, -0.2) is 40.3 Å². The van der Waals surface area contributed by atoms with Crippen LogP contribution in [0.5, 0.6) is 0 Å². The van der Waals surface area contributed by atoms with Crippen molar-refractivity contribution in [2.24, 2.45) is 0 Å². The molecule has 0 aromatic heterocycles. The Balaban J connectivity index is 1.94. The molecule has 0 fully saturated rings. The molecule has 150 valence electrons. The number of aliphatic hydroxyl groups excluding tert-OH is 1. The van der Waals surface area contributed by atoms with E-state index in [0.29, 0.717) is 5.56 Å². The Labute approximate surface area is 170 Å². The second-order valence-corrected chi connectivity index (χ2v) is 6.40. The van der Waals surface area contributed by atoms with E-state index in [2.05, 4.69) is 0 Å². The normalized spacial score (nSPS) is 15.8. The number of ketones is 2. The second kappa shape index (κ2) is 8.01. The lowest BCUT2D eigenvalue weighted by molar-refractivity contribution is -0.138. The first kappa shape index (κ1) is 20.5. The minimum atomic E-state index is -1.21. The second-order valence-electron chi connectivity index (χ2n) is 6.40. The fourth-order valence-corrected chi connectivity index (χ4v) is 3.21. The number of ether oxygens (including phenoxy) is 1. The molecule has 0 aliphatic heterocycles.